The molecule has 0 aliphatic carbocycles. The Kier molecular flexibility index (Phi) is 4.51. The maximum absolute atomic E-state index is 12.8. The van der Waals surface area contributed by atoms with Crippen LogP contribution < -0.4 is 0 Å². The first-order valence-corrected chi connectivity index (χ1v) is 8.44. The molecule has 1 N–H and O–H groups in total. The number of aromatic amines is 1. The lowest BCUT2D eigenvalue weighted by Gasteiger charge is -2.31. The number of ketones is 1. The monoisotopic (exact) mass is 312 g/mol. The van der Waals surface area contributed by atoms with Crippen molar-refractivity contribution in [3.05, 3.63) is 36.0 Å². The number of nitrogens with zero attached hydrogens (tertiary/aromatic N) is 1. The molecule has 4 heteroatoms. The number of carbonyl (C=O) groups is 2. The smallest absolute Gasteiger partial charge is 0.222 e. The van der Waals surface area contributed by atoms with Gasteiger partial charge in [0.15, 0.2) is 5.78 Å². The normalized spacial score (nSPS) is 16.2. The largest absolute Gasteiger partial charge is 0.360 e. The average molecular weight is 312 g/mol. The van der Waals surface area contributed by atoms with E-state index in [0.29, 0.717) is 25.4 Å². The zero-order valence-corrected chi connectivity index (χ0v) is 13.8. The predicted molar refractivity (Wildman–Crippen MR) is 91.4 cm³/mol. The van der Waals surface area contributed by atoms with Crippen LogP contribution in [0.3, 0.4) is 0 Å². The Morgan fingerprint density at radius 2 is 1.91 bits per heavy atom. The van der Waals surface area contributed by atoms with Crippen LogP contribution >= 0.6 is 0 Å². The van der Waals surface area contributed by atoms with Crippen LogP contribution in [0.4, 0.5) is 0 Å². The van der Waals surface area contributed by atoms with E-state index in [1.165, 1.54) is 0 Å². The second-order valence-electron chi connectivity index (χ2n) is 6.87. The van der Waals surface area contributed by atoms with Crippen molar-refractivity contribution in [1.82, 2.24) is 9.88 Å². The molecule has 1 fully saturated rings. The minimum absolute atomic E-state index is 0.0253. The first-order valence-electron chi connectivity index (χ1n) is 8.44. The van der Waals surface area contributed by atoms with E-state index in [0.717, 1.165) is 29.3 Å². The van der Waals surface area contributed by atoms with Gasteiger partial charge in [-0.2, -0.15) is 0 Å². The lowest BCUT2D eigenvalue weighted by Crippen LogP contribution is -2.40. The Labute approximate surface area is 136 Å². The number of fused-ring (bicyclic) bond motifs is 1. The molecule has 1 amide bonds. The Morgan fingerprint density at radius 3 is 2.61 bits per heavy atom. The van der Waals surface area contributed by atoms with Crippen LogP contribution in [0.2, 0.25) is 0 Å². The molecule has 1 saturated heterocycles. The molecule has 3 rings (SSSR count). The Hall–Kier alpha value is -2.10. The number of rotatable bonds is 4. The summed E-state index contributed by atoms with van der Waals surface area (Å²) in [4.78, 5) is 30.0. The van der Waals surface area contributed by atoms with Gasteiger partial charge in [-0.3, -0.25) is 9.59 Å². The number of benzene rings is 1. The minimum Gasteiger partial charge on any atom is -0.360 e. The third kappa shape index (κ3) is 3.31. The number of Topliss-reactive ketones (excluding diaryl/α,β-unsaturated/α-hetero) is 1. The van der Waals surface area contributed by atoms with Crippen LogP contribution in [-0.4, -0.2) is 34.7 Å². The molecule has 1 aromatic carbocycles. The summed E-state index contributed by atoms with van der Waals surface area (Å²) in [6.07, 6.45) is 3.95. The van der Waals surface area contributed by atoms with Gasteiger partial charge in [-0.15, -0.1) is 0 Å². The minimum atomic E-state index is 0.0253. The molecule has 0 unspecified atom stereocenters. The van der Waals surface area contributed by atoms with E-state index in [1.54, 1.807) is 0 Å². The molecule has 1 aliphatic rings. The Balaban J connectivity index is 1.66. The molecular formula is C19H24N2O2. The van der Waals surface area contributed by atoms with Gasteiger partial charge in [0.2, 0.25) is 5.91 Å². The molecule has 0 saturated carbocycles. The second kappa shape index (κ2) is 6.57. The van der Waals surface area contributed by atoms with E-state index < -0.39 is 0 Å². The summed E-state index contributed by atoms with van der Waals surface area (Å²) in [5.41, 5.74) is 1.79. The Morgan fingerprint density at radius 1 is 1.22 bits per heavy atom. The topological polar surface area (TPSA) is 53.2 Å². The highest BCUT2D eigenvalue weighted by Crippen LogP contribution is 2.26. The number of amides is 1. The quantitative estimate of drug-likeness (QED) is 0.876. The second-order valence-corrected chi connectivity index (χ2v) is 6.87. The van der Waals surface area contributed by atoms with Crippen molar-refractivity contribution in [2.45, 2.75) is 33.1 Å². The van der Waals surface area contributed by atoms with Crippen molar-refractivity contribution in [3.63, 3.8) is 0 Å². The molecule has 0 atom stereocenters. The highest BCUT2D eigenvalue weighted by Gasteiger charge is 2.29. The fraction of sp³-hybridized carbons (Fsp3) is 0.474. The zero-order valence-electron chi connectivity index (χ0n) is 13.8. The summed E-state index contributed by atoms with van der Waals surface area (Å²) >= 11 is 0. The Bertz CT molecular complexity index is 709. The summed E-state index contributed by atoms with van der Waals surface area (Å²) in [6.45, 7) is 5.52. The number of H-pyrrole nitrogens is 1. The van der Waals surface area contributed by atoms with Gasteiger partial charge in [-0.05, 0) is 24.8 Å². The molecule has 2 heterocycles. The van der Waals surface area contributed by atoms with Gasteiger partial charge in [0.1, 0.15) is 0 Å². The van der Waals surface area contributed by atoms with Gasteiger partial charge in [-0.25, -0.2) is 0 Å². The molecule has 23 heavy (non-hydrogen) atoms. The van der Waals surface area contributed by atoms with Crippen molar-refractivity contribution in [2.24, 2.45) is 11.8 Å². The number of likely N-dealkylation sites (tertiary alicyclic amines) is 1. The third-order valence-corrected chi connectivity index (χ3v) is 4.66. The number of aromatic nitrogens is 1. The lowest BCUT2D eigenvalue weighted by atomic mass is 9.88. The maximum Gasteiger partial charge on any atom is 0.222 e. The number of nitrogens with one attached hydrogen (secondary N) is 1. The van der Waals surface area contributed by atoms with Crippen molar-refractivity contribution in [1.29, 1.82) is 0 Å². The molecular weight excluding hydrogens is 288 g/mol. The number of piperidine rings is 1. The van der Waals surface area contributed by atoms with E-state index in [9.17, 15) is 9.59 Å². The molecule has 122 valence electrons. The summed E-state index contributed by atoms with van der Waals surface area (Å²) < 4.78 is 0. The zero-order chi connectivity index (χ0) is 16.4. The molecule has 0 radical (unpaired) electrons. The first-order chi connectivity index (χ1) is 11.1. The maximum atomic E-state index is 12.8. The average Bonchev–Trinajstić information content (AvgIpc) is 2.97. The van der Waals surface area contributed by atoms with Crippen molar-refractivity contribution >= 4 is 22.6 Å². The first kappa shape index (κ1) is 15.8. The summed E-state index contributed by atoms with van der Waals surface area (Å²) in [5, 5.41) is 0.996. The number of carbonyl (C=O) groups excluding carboxylic acids is 2. The van der Waals surface area contributed by atoms with Crippen LogP contribution in [-0.2, 0) is 4.79 Å². The molecule has 1 aliphatic heterocycles. The van der Waals surface area contributed by atoms with Crippen LogP contribution in [0.25, 0.3) is 10.9 Å². The number of para-hydroxylation sites is 1. The lowest BCUT2D eigenvalue weighted by molar-refractivity contribution is -0.133. The SMILES string of the molecule is CC(C)CC(=O)N1CCC(C(=O)c2c[nH]c3ccccc23)CC1. The fourth-order valence-electron chi connectivity index (χ4n) is 3.36. The van der Waals surface area contributed by atoms with Crippen molar-refractivity contribution in [2.75, 3.05) is 13.1 Å². The molecule has 1 aromatic heterocycles. The van der Waals surface area contributed by atoms with E-state index in [-0.39, 0.29) is 17.6 Å². The molecule has 0 bridgehead atoms. The summed E-state index contributed by atoms with van der Waals surface area (Å²) in [7, 11) is 0. The van der Waals surface area contributed by atoms with Crippen LogP contribution in [0.5, 0.6) is 0 Å². The standard InChI is InChI=1S/C19H24N2O2/c1-13(2)11-18(22)21-9-7-14(8-10-21)19(23)16-12-20-17-6-4-3-5-15(16)17/h3-6,12-14,20H,7-11H2,1-2H3. The third-order valence-electron chi connectivity index (χ3n) is 4.66. The number of hydrogen-bond donors (Lipinski definition) is 1. The van der Waals surface area contributed by atoms with Gasteiger partial charge in [0.25, 0.3) is 0 Å². The van der Waals surface area contributed by atoms with Gasteiger partial charge in [0.05, 0.1) is 0 Å². The van der Waals surface area contributed by atoms with Crippen LogP contribution in [0.15, 0.2) is 30.5 Å². The van der Waals surface area contributed by atoms with Crippen LogP contribution in [0.1, 0.15) is 43.5 Å². The van der Waals surface area contributed by atoms with Gasteiger partial charge < -0.3 is 9.88 Å². The van der Waals surface area contributed by atoms with Gasteiger partial charge in [-0.1, -0.05) is 32.0 Å². The van der Waals surface area contributed by atoms with Gasteiger partial charge in [0, 0.05) is 48.1 Å². The summed E-state index contributed by atoms with van der Waals surface area (Å²) in [5.74, 6) is 0.835. The molecule has 2 aromatic rings. The van der Waals surface area contributed by atoms with Crippen molar-refractivity contribution in [3.8, 4) is 0 Å². The predicted octanol–water partition coefficient (Wildman–Crippen LogP) is 3.64. The fourth-order valence-corrected chi connectivity index (χ4v) is 3.36. The van der Waals surface area contributed by atoms with E-state index in [1.807, 2.05) is 35.4 Å². The summed E-state index contributed by atoms with van der Waals surface area (Å²) in [6, 6.07) is 7.89. The van der Waals surface area contributed by atoms with E-state index in [4.69, 9.17) is 0 Å². The molecule has 0 spiro atoms. The molecule has 4 nitrogen and oxygen atoms in total. The number of hydrogen-bond acceptors (Lipinski definition) is 2. The highest BCUT2D eigenvalue weighted by atomic mass is 16.2. The highest BCUT2D eigenvalue weighted by molar-refractivity contribution is 6.08. The van der Waals surface area contributed by atoms with Crippen LogP contribution in [0, 0.1) is 11.8 Å². The van der Waals surface area contributed by atoms with E-state index >= 15 is 0 Å². The van der Waals surface area contributed by atoms with Crippen molar-refractivity contribution < 1.29 is 9.59 Å². The van der Waals surface area contributed by atoms with E-state index in [2.05, 4.69) is 18.8 Å². The van der Waals surface area contributed by atoms with Gasteiger partial charge >= 0.3 is 0 Å².